The van der Waals surface area contributed by atoms with Gasteiger partial charge in [0.05, 0.1) is 35.4 Å². The fraction of sp³-hybridized carbons (Fsp3) is 0.333. The van der Waals surface area contributed by atoms with Gasteiger partial charge < -0.3 is 21.1 Å². The Morgan fingerprint density at radius 2 is 1.76 bits per heavy atom. The fourth-order valence-corrected chi connectivity index (χ4v) is 4.69. The van der Waals surface area contributed by atoms with E-state index in [0.29, 0.717) is 18.3 Å². The Bertz CT molecular complexity index is 1610. The Balaban J connectivity index is 1.75. The molecule has 0 fully saturated rings. The van der Waals surface area contributed by atoms with Gasteiger partial charge in [-0.2, -0.15) is 5.10 Å². The summed E-state index contributed by atoms with van der Waals surface area (Å²) < 4.78 is 51.1. The maximum atomic E-state index is 15.4. The van der Waals surface area contributed by atoms with Crippen LogP contribution in [0.3, 0.4) is 0 Å². The van der Waals surface area contributed by atoms with Crippen molar-refractivity contribution in [1.29, 1.82) is 0 Å². The smallest absolute Gasteiger partial charge is 0.306 e. The van der Waals surface area contributed by atoms with Crippen LogP contribution in [0.15, 0.2) is 48.7 Å². The number of rotatable bonds is 10. The number of nitrogens with one attached hydrogen (secondary N) is 2. The van der Waals surface area contributed by atoms with Crippen LogP contribution >= 0.6 is 0 Å². The molecule has 4 aromatic rings. The number of amides is 1. The van der Waals surface area contributed by atoms with Crippen molar-refractivity contribution in [3.05, 3.63) is 77.2 Å². The summed E-state index contributed by atoms with van der Waals surface area (Å²) in [4.78, 5) is 29.2. The first-order valence-electron chi connectivity index (χ1n) is 13.4. The molecular formula is C30H33F3N6O3. The summed E-state index contributed by atoms with van der Waals surface area (Å²) in [6.07, 6.45) is 1.50. The monoisotopic (exact) mass is 582 g/mol. The Morgan fingerprint density at radius 3 is 2.38 bits per heavy atom. The predicted molar refractivity (Wildman–Crippen MR) is 154 cm³/mol. The van der Waals surface area contributed by atoms with Crippen LogP contribution < -0.4 is 16.4 Å². The van der Waals surface area contributed by atoms with Gasteiger partial charge in [0.25, 0.3) is 5.91 Å². The molecule has 42 heavy (non-hydrogen) atoms. The summed E-state index contributed by atoms with van der Waals surface area (Å²) in [6.45, 7) is 9.39. The molecular weight excluding hydrogens is 549 g/mol. The Labute approximate surface area is 241 Å². The molecule has 0 saturated carbocycles. The number of hydrogen-bond acceptors (Lipinski definition) is 7. The number of nitrogens with zero attached hydrogens (tertiary/aromatic N) is 3. The Morgan fingerprint density at radius 1 is 1.07 bits per heavy atom. The van der Waals surface area contributed by atoms with E-state index < -0.39 is 46.9 Å². The molecule has 9 nitrogen and oxygen atoms in total. The van der Waals surface area contributed by atoms with Crippen molar-refractivity contribution in [2.24, 2.45) is 11.7 Å². The lowest BCUT2D eigenvalue weighted by Crippen LogP contribution is -2.28. The van der Waals surface area contributed by atoms with Crippen molar-refractivity contribution < 1.29 is 27.5 Å². The highest BCUT2D eigenvalue weighted by Crippen LogP contribution is 2.34. The molecule has 12 heteroatoms. The van der Waals surface area contributed by atoms with Gasteiger partial charge in [0, 0.05) is 18.0 Å². The summed E-state index contributed by atoms with van der Waals surface area (Å²) >= 11 is 0. The first kappa shape index (κ1) is 30.4. The van der Waals surface area contributed by atoms with Gasteiger partial charge in [0.2, 0.25) is 0 Å². The van der Waals surface area contributed by atoms with Crippen LogP contribution in [0.25, 0.3) is 10.9 Å². The lowest BCUT2D eigenvalue weighted by atomic mass is 9.91. The van der Waals surface area contributed by atoms with Crippen molar-refractivity contribution in [3.8, 4) is 0 Å². The van der Waals surface area contributed by atoms with Gasteiger partial charge in [0.1, 0.15) is 23.1 Å². The molecule has 0 aliphatic heterocycles. The number of aryl methyl sites for hydroxylation is 1. The van der Waals surface area contributed by atoms with Crippen LogP contribution in [-0.2, 0) is 16.1 Å². The zero-order valence-electron chi connectivity index (χ0n) is 24.0. The third kappa shape index (κ3) is 6.99. The largest absolute Gasteiger partial charge is 0.460 e. The topological polar surface area (TPSA) is 124 Å². The number of anilines is 3. The van der Waals surface area contributed by atoms with Gasteiger partial charge in [-0.15, -0.1) is 0 Å². The maximum Gasteiger partial charge on any atom is 0.306 e. The van der Waals surface area contributed by atoms with Crippen molar-refractivity contribution in [3.63, 3.8) is 0 Å². The molecule has 1 amide bonds. The number of esters is 1. The van der Waals surface area contributed by atoms with E-state index in [-0.39, 0.29) is 29.2 Å². The number of hydrogen-bond donors (Lipinski definition) is 3. The second kappa shape index (κ2) is 12.1. The number of aromatic nitrogens is 3. The number of primary amides is 1. The second-order valence-electron chi connectivity index (χ2n) is 11.0. The third-order valence-corrected chi connectivity index (χ3v) is 6.50. The van der Waals surface area contributed by atoms with Crippen LogP contribution in [0, 0.1) is 23.4 Å². The average molecular weight is 583 g/mol. The molecule has 4 N–H and O–H groups in total. The highest BCUT2D eigenvalue weighted by atomic mass is 19.1. The normalized spacial score (nSPS) is 13.0. The van der Waals surface area contributed by atoms with E-state index in [4.69, 9.17) is 10.5 Å². The number of carbonyl (C=O) groups is 2. The zero-order chi connectivity index (χ0) is 30.8. The van der Waals surface area contributed by atoms with E-state index in [0.717, 1.165) is 29.1 Å². The number of carbonyl (C=O) groups excluding carboxylic acids is 2. The molecule has 0 bridgehead atoms. The number of fused-ring (bicyclic) bond motifs is 1. The molecule has 0 unspecified atom stereocenters. The predicted octanol–water partition coefficient (Wildman–Crippen LogP) is 6.23. The van der Waals surface area contributed by atoms with Gasteiger partial charge in [-0.25, -0.2) is 18.2 Å². The first-order chi connectivity index (χ1) is 19.8. The van der Waals surface area contributed by atoms with Crippen LogP contribution in [0.5, 0.6) is 0 Å². The van der Waals surface area contributed by atoms with E-state index in [1.165, 1.54) is 0 Å². The Kier molecular flexibility index (Phi) is 8.74. The first-order valence-corrected chi connectivity index (χ1v) is 13.4. The minimum Gasteiger partial charge on any atom is -0.460 e. The Hall–Kier alpha value is -4.61. The maximum absolute atomic E-state index is 15.4. The molecule has 2 aromatic heterocycles. The van der Waals surface area contributed by atoms with Gasteiger partial charge in [-0.3, -0.25) is 14.3 Å². The summed E-state index contributed by atoms with van der Waals surface area (Å²) in [6, 6.07) is 8.25. The van der Waals surface area contributed by atoms with Crippen molar-refractivity contribution in [2.45, 2.75) is 59.2 Å². The average Bonchev–Trinajstić information content (AvgIpc) is 3.31. The van der Waals surface area contributed by atoms with E-state index in [1.807, 2.05) is 13.0 Å². The molecule has 0 spiro atoms. The molecule has 0 saturated heterocycles. The van der Waals surface area contributed by atoms with Crippen molar-refractivity contribution >= 4 is 40.1 Å². The number of nitrogens with two attached hydrogens (primary N) is 1. The zero-order valence-corrected chi connectivity index (χ0v) is 24.0. The van der Waals surface area contributed by atoms with Gasteiger partial charge >= 0.3 is 5.97 Å². The highest BCUT2D eigenvalue weighted by molar-refractivity contribution is 6.00. The molecule has 4 rings (SSSR count). The van der Waals surface area contributed by atoms with Crippen LogP contribution in [0.2, 0.25) is 0 Å². The molecule has 2 atom stereocenters. The van der Waals surface area contributed by atoms with Gasteiger partial charge in [0.15, 0.2) is 11.6 Å². The minimum absolute atomic E-state index is 0.0490. The van der Waals surface area contributed by atoms with Gasteiger partial charge in [-0.1, -0.05) is 13.0 Å². The molecule has 0 aliphatic rings. The SMILES string of the molecule is CCn1ncc2c(Nc3nc(N[C@H](c4cc(F)cc(F)c4)[C@H](C)CC(=O)OC(C)(C)C)c(F)cc3C(N)=O)cccc21. The van der Waals surface area contributed by atoms with Crippen molar-refractivity contribution in [2.75, 3.05) is 10.6 Å². The van der Waals surface area contributed by atoms with E-state index in [9.17, 15) is 18.4 Å². The molecule has 0 radical (unpaired) electrons. The summed E-state index contributed by atoms with van der Waals surface area (Å²) in [7, 11) is 0. The second-order valence-corrected chi connectivity index (χ2v) is 11.0. The number of benzene rings is 2. The third-order valence-electron chi connectivity index (χ3n) is 6.50. The van der Waals surface area contributed by atoms with Gasteiger partial charge in [-0.05, 0) is 69.5 Å². The van der Waals surface area contributed by atoms with Crippen molar-refractivity contribution in [1.82, 2.24) is 14.8 Å². The summed E-state index contributed by atoms with van der Waals surface area (Å²) in [5.41, 5.74) is 6.07. The summed E-state index contributed by atoms with van der Waals surface area (Å²) in [5.74, 6) is -5.10. The van der Waals surface area contributed by atoms with Crippen LogP contribution in [0.4, 0.5) is 30.5 Å². The standard InChI is InChI=1S/C30H33F3N6O3/c1-6-39-24-9-7-8-23(21(24)15-35-39)36-28-20(27(34)41)14-22(33)29(38-28)37-26(17-11-18(31)13-19(32)12-17)16(2)10-25(40)42-30(3,4)5/h7-9,11-16,26H,6,10H2,1-5H3,(H2,34,41)(H2,36,37,38)/t16-,26+/m1/s1. The lowest BCUT2D eigenvalue weighted by Gasteiger charge is -2.28. The molecule has 222 valence electrons. The van der Waals surface area contributed by atoms with Crippen LogP contribution in [0.1, 0.15) is 63.0 Å². The quantitative estimate of drug-likeness (QED) is 0.189. The van der Waals surface area contributed by atoms with E-state index in [1.54, 1.807) is 50.7 Å². The molecule has 0 aliphatic carbocycles. The molecule has 2 aromatic carbocycles. The lowest BCUT2D eigenvalue weighted by molar-refractivity contribution is -0.155. The number of halogens is 3. The number of ether oxygens (including phenoxy) is 1. The highest BCUT2D eigenvalue weighted by Gasteiger charge is 2.28. The molecule has 2 heterocycles. The fourth-order valence-electron chi connectivity index (χ4n) is 4.69. The minimum atomic E-state index is -0.983. The number of pyridine rings is 1. The summed E-state index contributed by atoms with van der Waals surface area (Å²) in [5, 5.41) is 11.0. The van der Waals surface area contributed by atoms with E-state index in [2.05, 4.69) is 20.7 Å². The van der Waals surface area contributed by atoms with Crippen LogP contribution in [-0.4, -0.2) is 32.2 Å². The van der Waals surface area contributed by atoms with E-state index >= 15 is 4.39 Å².